The molecular formula is C13H14NS+. The lowest BCUT2D eigenvalue weighted by Crippen LogP contribution is -2.02. The Labute approximate surface area is 95.7 Å². The van der Waals surface area contributed by atoms with Crippen molar-refractivity contribution in [1.29, 1.82) is 0 Å². The standard InChI is InChI=1S/C13H14NS/c1-3-13(15-11-14-4-2)10-12-8-6-5-7-9-12/h1,5-9,13H,4,10H2,2H3/q+1. The molecule has 0 aliphatic rings. The second-order valence-electron chi connectivity index (χ2n) is 3.03. The van der Waals surface area contributed by atoms with Crippen LogP contribution in [0.25, 0.3) is 4.85 Å². The first kappa shape index (κ1) is 11.7. The van der Waals surface area contributed by atoms with Gasteiger partial charge in [-0.05, 0) is 12.0 Å². The number of nitrogens with zero attached hydrogens (tertiary/aromatic N) is 1. The number of thiocyanates is 1. The minimum atomic E-state index is 0.127. The van der Waals surface area contributed by atoms with E-state index in [1.54, 1.807) is 0 Å². The van der Waals surface area contributed by atoms with E-state index >= 15 is 0 Å². The maximum Gasteiger partial charge on any atom is 0.347 e. The van der Waals surface area contributed by atoms with Gasteiger partial charge in [-0.2, -0.15) is 0 Å². The second-order valence-corrected chi connectivity index (χ2v) is 4.02. The number of terminal acetylenes is 1. The normalized spacial score (nSPS) is 10.9. The fourth-order valence-electron chi connectivity index (χ4n) is 1.13. The number of hydrogen-bond donors (Lipinski definition) is 0. The van der Waals surface area contributed by atoms with E-state index in [4.69, 9.17) is 6.42 Å². The summed E-state index contributed by atoms with van der Waals surface area (Å²) in [4.78, 5) is 4.02. The summed E-state index contributed by atoms with van der Waals surface area (Å²) in [5.41, 5.74) is 1.26. The molecule has 1 rings (SSSR count). The third kappa shape index (κ3) is 4.58. The molecule has 0 amide bonds. The first-order valence-corrected chi connectivity index (χ1v) is 5.82. The molecule has 0 fully saturated rings. The highest BCUT2D eigenvalue weighted by molar-refractivity contribution is 8.04. The summed E-state index contributed by atoms with van der Waals surface area (Å²) in [5.74, 6) is 2.75. The van der Waals surface area contributed by atoms with Crippen LogP contribution in [-0.4, -0.2) is 11.8 Å². The Bertz CT molecular complexity index is 380. The third-order valence-corrected chi connectivity index (χ3v) is 2.69. The molecule has 0 saturated heterocycles. The molecule has 0 heterocycles. The summed E-state index contributed by atoms with van der Waals surface area (Å²) >= 11 is 1.49. The smallest absolute Gasteiger partial charge is 0.119 e. The average Bonchev–Trinajstić information content (AvgIpc) is 2.29. The van der Waals surface area contributed by atoms with E-state index in [9.17, 15) is 0 Å². The summed E-state index contributed by atoms with van der Waals surface area (Å²) in [6.45, 7) is 2.74. The van der Waals surface area contributed by atoms with Gasteiger partial charge in [-0.15, -0.1) is 6.42 Å². The van der Waals surface area contributed by atoms with Crippen molar-refractivity contribution in [3.05, 3.63) is 40.7 Å². The molecule has 1 aromatic carbocycles. The molecule has 0 aliphatic heterocycles. The maximum atomic E-state index is 5.45. The summed E-state index contributed by atoms with van der Waals surface area (Å²) in [6.07, 6.45) is 6.32. The molecule has 15 heavy (non-hydrogen) atoms. The van der Waals surface area contributed by atoms with Crippen molar-refractivity contribution in [2.75, 3.05) is 6.54 Å². The third-order valence-electron chi connectivity index (χ3n) is 1.87. The van der Waals surface area contributed by atoms with Gasteiger partial charge in [0.05, 0.1) is 5.25 Å². The molecule has 0 bridgehead atoms. The molecule has 0 aliphatic carbocycles. The molecule has 1 atom stereocenters. The van der Waals surface area contributed by atoms with Crippen LogP contribution in [0.5, 0.6) is 0 Å². The number of benzene rings is 1. The van der Waals surface area contributed by atoms with Crippen molar-refractivity contribution >= 4 is 11.8 Å². The molecule has 76 valence electrons. The van der Waals surface area contributed by atoms with E-state index in [0.717, 1.165) is 13.0 Å². The number of hydrogen-bond acceptors (Lipinski definition) is 1. The van der Waals surface area contributed by atoms with Crippen LogP contribution in [0.2, 0.25) is 0 Å². The molecule has 0 N–H and O–H groups in total. The Morgan fingerprint density at radius 2 is 2.13 bits per heavy atom. The summed E-state index contributed by atoms with van der Waals surface area (Å²) < 4.78 is 0. The lowest BCUT2D eigenvalue weighted by molar-refractivity contribution is 1.05. The Hall–Kier alpha value is -1.38. The van der Waals surface area contributed by atoms with Gasteiger partial charge < -0.3 is 0 Å². The van der Waals surface area contributed by atoms with Crippen molar-refractivity contribution < 1.29 is 0 Å². The highest BCUT2D eigenvalue weighted by Crippen LogP contribution is 2.14. The maximum absolute atomic E-state index is 5.45. The van der Waals surface area contributed by atoms with Crippen molar-refractivity contribution in [3.8, 4) is 17.7 Å². The Morgan fingerprint density at radius 1 is 1.40 bits per heavy atom. The zero-order valence-corrected chi connectivity index (χ0v) is 9.63. The second kappa shape index (κ2) is 6.98. The summed E-state index contributed by atoms with van der Waals surface area (Å²) in [5, 5.41) is 3.03. The fraction of sp³-hybridized carbons (Fsp3) is 0.308. The lowest BCUT2D eigenvalue weighted by atomic mass is 10.1. The van der Waals surface area contributed by atoms with Crippen LogP contribution < -0.4 is 0 Å². The average molecular weight is 216 g/mol. The van der Waals surface area contributed by atoms with Gasteiger partial charge in [0.1, 0.15) is 0 Å². The van der Waals surface area contributed by atoms with Gasteiger partial charge in [0, 0.05) is 18.7 Å². The van der Waals surface area contributed by atoms with Gasteiger partial charge in [-0.3, -0.25) is 0 Å². The van der Waals surface area contributed by atoms with Crippen molar-refractivity contribution in [2.45, 2.75) is 18.6 Å². The first-order chi connectivity index (χ1) is 7.36. The van der Waals surface area contributed by atoms with Gasteiger partial charge in [0.25, 0.3) is 6.54 Å². The number of rotatable bonds is 3. The van der Waals surface area contributed by atoms with Crippen LogP contribution in [0, 0.1) is 17.7 Å². The SMILES string of the molecule is C#CC(Cc1ccccc1)SC#[N+]CC. The minimum Gasteiger partial charge on any atom is -0.119 e. The van der Waals surface area contributed by atoms with Gasteiger partial charge in [-0.25, -0.2) is 0 Å². The predicted molar refractivity (Wildman–Crippen MR) is 68.1 cm³/mol. The molecule has 2 heteroatoms. The molecule has 0 aromatic heterocycles. The van der Waals surface area contributed by atoms with Crippen LogP contribution in [0.1, 0.15) is 12.5 Å². The molecular weight excluding hydrogens is 202 g/mol. The van der Waals surface area contributed by atoms with Crippen LogP contribution in [0.4, 0.5) is 0 Å². The molecule has 0 spiro atoms. The van der Waals surface area contributed by atoms with Crippen LogP contribution in [0.15, 0.2) is 30.3 Å². The summed E-state index contributed by atoms with van der Waals surface area (Å²) in [6, 6.07) is 10.2. The van der Waals surface area contributed by atoms with Crippen molar-refractivity contribution in [1.82, 2.24) is 0 Å². The molecule has 1 unspecified atom stereocenters. The van der Waals surface area contributed by atoms with E-state index in [1.165, 1.54) is 17.3 Å². The molecule has 0 saturated carbocycles. The predicted octanol–water partition coefficient (Wildman–Crippen LogP) is 3.27. The zero-order chi connectivity index (χ0) is 10.9. The highest BCUT2D eigenvalue weighted by atomic mass is 32.2. The van der Waals surface area contributed by atoms with E-state index in [2.05, 4.69) is 28.3 Å². The van der Waals surface area contributed by atoms with E-state index < -0.39 is 0 Å². The quantitative estimate of drug-likeness (QED) is 0.554. The van der Waals surface area contributed by atoms with Crippen LogP contribution in [0.3, 0.4) is 0 Å². The molecule has 1 nitrogen and oxygen atoms in total. The monoisotopic (exact) mass is 216 g/mol. The summed E-state index contributed by atoms with van der Waals surface area (Å²) in [7, 11) is 0. The Balaban J connectivity index is 2.52. The minimum absolute atomic E-state index is 0.127. The van der Waals surface area contributed by atoms with Gasteiger partial charge >= 0.3 is 5.40 Å². The van der Waals surface area contributed by atoms with Gasteiger partial charge in [0.2, 0.25) is 0 Å². The zero-order valence-electron chi connectivity index (χ0n) is 8.81. The van der Waals surface area contributed by atoms with Crippen LogP contribution >= 0.6 is 11.8 Å². The van der Waals surface area contributed by atoms with Gasteiger partial charge in [-0.1, -0.05) is 41.1 Å². The fourth-order valence-corrected chi connectivity index (χ4v) is 1.80. The molecule has 0 radical (unpaired) electrons. The largest absolute Gasteiger partial charge is 0.347 e. The Kier molecular flexibility index (Phi) is 5.44. The highest BCUT2D eigenvalue weighted by Gasteiger charge is 2.08. The van der Waals surface area contributed by atoms with E-state index in [1.807, 2.05) is 25.1 Å². The van der Waals surface area contributed by atoms with E-state index in [-0.39, 0.29) is 5.25 Å². The van der Waals surface area contributed by atoms with Crippen molar-refractivity contribution in [2.24, 2.45) is 0 Å². The van der Waals surface area contributed by atoms with Crippen LogP contribution in [-0.2, 0) is 6.42 Å². The Morgan fingerprint density at radius 3 is 2.73 bits per heavy atom. The van der Waals surface area contributed by atoms with Crippen molar-refractivity contribution in [3.63, 3.8) is 0 Å². The van der Waals surface area contributed by atoms with Gasteiger partial charge in [0.15, 0.2) is 0 Å². The molecule has 1 aromatic rings. The lowest BCUT2D eigenvalue weighted by Gasteiger charge is -2.03. The first-order valence-electron chi connectivity index (χ1n) is 4.94. The van der Waals surface area contributed by atoms with E-state index in [0.29, 0.717) is 0 Å². The topological polar surface area (TPSA) is 4.36 Å². The number of thioether (sulfide) groups is 1.